The molecule has 1 fully saturated rings. The summed E-state index contributed by atoms with van der Waals surface area (Å²) in [5.41, 5.74) is 1.19. The van der Waals surface area contributed by atoms with Crippen LogP contribution >= 0.6 is 15.9 Å². The van der Waals surface area contributed by atoms with Gasteiger partial charge in [-0.3, -0.25) is 0 Å². The average molecular weight is 272 g/mol. The van der Waals surface area contributed by atoms with E-state index in [4.69, 9.17) is 9.47 Å². The molecular weight excluding hydrogens is 258 g/mol. The topological polar surface area (TPSA) is 21.7 Å². The molecule has 0 radical (unpaired) electrons. The maximum Gasteiger partial charge on any atom is 0.203 e. The predicted octanol–water partition coefficient (Wildman–Crippen LogP) is 2.26. The minimum Gasteiger partial charge on any atom is -0.361 e. The summed E-state index contributed by atoms with van der Waals surface area (Å²) in [6, 6.07) is 8.22. The SMILES string of the molecule is COC1(OC)CN(c2cccc(Br)c2)C1. The number of nitrogens with zero attached hydrogens (tertiary/aromatic N) is 1. The highest BCUT2D eigenvalue weighted by Gasteiger charge is 2.43. The summed E-state index contributed by atoms with van der Waals surface area (Å²) in [6.45, 7) is 1.55. The lowest BCUT2D eigenvalue weighted by Gasteiger charge is -2.48. The Morgan fingerprint density at radius 1 is 1.27 bits per heavy atom. The summed E-state index contributed by atoms with van der Waals surface area (Å²) in [5.74, 6) is -0.414. The zero-order valence-corrected chi connectivity index (χ0v) is 10.5. The number of hydrogen-bond donors (Lipinski definition) is 0. The van der Waals surface area contributed by atoms with E-state index in [1.54, 1.807) is 14.2 Å². The lowest BCUT2D eigenvalue weighted by Crippen LogP contribution is -2.64. The molecular formula is C11H14BrNO2. The molecule has 4 heteroatoms. The van der Waals surface area contributed by atoms with E-state index in [-0.39, 0.29) is 0 Å². The Kier molecular flexibility index (Phi) is 3.00. The molecule has 0 bridgehead atoms. The molecule has 0 N–H and O–H groups in total. The van der Waals surface area contributed by atoms with Crippen LogP contribution in [0.15, 0.2) is 28.7 Å². The van der Waals surface area contributed by atoms with Crippen LogP contribution in [0.1, 0.15) is 0 Å². The van der Waals surface area contributed by atoms with Crippen LogP contribution in [0.4, 0.5) is 5.69 Å². The van der Waals surface area contributed by atoms with Gasteiger partial charge in [-0.15, -0.1) is 0 Å². The third-order valence-corrected chi connectivity index (χ3v) is 3.27. The van der Waals surface area contributed by atoms with Crippen molar-refractivity contribution in [2.24, 2.45) is 0 Å². The maximum atomic E-state index is 5.33. The Hall–Kier alpha value is -0.580. The smallest absolute Gasteiger partial charge is 0.203 e. The summed E-state index contributed by atoms with van der Waals surface area (Å²) in [4.78, 5) is 2.22. The highest BCUT2D eigenvalue weighted by molar-refractivity contribution is 9.10. The largest absolute Gasteiger partial charge is 0.361 e. The first kappa shape index (κ1) is 10.9. The summed E-state index contributed by atoms with van der Waals surface area (Å²) < 4.78 is 11.7. The van der Waals surface area contributed by atoms with E-state index in [0.717, 1.165) is 17.6 Å². The summed E-state index contributed by atoms with van der Waals surface area (Å²) in [5, 5.41) is 0. The third-order valence-electron chi connectivity index (χ3n) is 2.78. The van der Waals surface area contributed by atoms with E-state index in [1.807, 2.05) is 12.1 Å². The quantitative estimate of drug-likeness (QED) is 0.788. The predicted molar refractivity (Wildman–Crippen MR) is 63.1 cm³/mol. The third kappa shape index (κ3) is 2.02. The molecule has 1 aliphatic rings. The molecule has 0 unspecified atom stereocenters. The van der Waals surface area contributed by atoms with Gasteiger partial charge >= 0.3 is 0 Å². The van der Waals surface area contributed by atoms with E-state index < -0.39 is 5.79 Å². The van der Waals surface area contributed by atoms with Crippen LogP contribution in [0.2, 0.25) is 0 Å². The van der Waals surface area contributed by atoms with Gasteiger partial charge in [0.05, 0.1) is 13.1 Å². The van der Waals surface area contributed by atoms with Crippen molar-refractivity contribution < 1.29 is 9.47 Å². The van der Waals surface area contributed by atoms with E-state index in [0.29, 0.717) is 0 Å². The second-order valence-electron chi connectivity index (χ2n) is 3.65. The number of halogens is 1. The molecule has 0 spiro atoms. The van der Waals surface area contributed by atoms with Crippen LogP contribution in [-0.2, 0) is 9.47 Å². The van der Waals surface area contributed by atoms with Crippen LogP contribution < -0.4 is 4.90 Å². The van der Waals surface area contributed by atoms with Gasteiger partial charge in [0, 0.05) is 24.4 Å². The van der Waals surface area contributed by atoms with E-state index in [9.17, 15) is 0 Å². The molecule has 0 aliphatic carbocycles. The van der Waals surface area contributed by atoms with Gasteiger partial charge in [-0.2, -0.15) is 0 Å². The van der Waals surface area contributed by atoms with Crippen molar-refractivity contribution >= 4 is 21.6 Å². The van der Waals surface area contributed by atoms with Gasteiger partial charge in [0.2, 0.25) is 5.79 Å². The van der Waals surface area contributed by atoms with Crippen molar-refractivity contribution in [3.63, 3.8) is 0 Å². The van der Waals surface area contributed by atoms with Gasteiger partial charge in [-0.05, 0) is 18.2 Å². The van der Waals surface area contributed by atoms with Gasteiger partial charge < -0.3 is 14.4 Å². The molecule has 15 heavy (non-hydrogen) atoms. The fraction of sp³-hybridized carbons (Fsp3) is 0.455. The second-order valence-corrected chi connectivity index (χ2v) is 4.57. The van der Waals surface area contributed by atoms with E-state index in [1.165, 1.54) is 5.69 Å². The lowest BCUT2D eigenvalue weighted by molar-refractivity contribution is -0.219. The van der Waals surface area contributed by atoms with Crippen molar-refractivity contribution in [2.45, 2.75) is 5.79 Å². The first-order chi connectivity index (χ1) is 7.19. The lowest BCUT2D eigenvalue weighted by atomic mass is 10.1. The second kappa shape index (κ2) is 4.12. The highest BCUT2D eigenvalue weighted by atomic mass is 79.9. The van der Waals surface area contributed by atoms with E-state index in [2.05, 4.69) is 33.0 Å². The van der Waals surface area contributed by atoms with Crippen molar-refractivity contribution in [1.82, 2.24) is 0 Å². The zero-order valence-electron chi connectivity index (χ0n) is 8.87. The van der Waals surface area contributed by atoms with Crippen LogP contribution in [-0.4, -0.2) is 33.1 Å². The van der Waals surface area contributed by atoms with Gasteiger partial charge in [0.15, 0.2) is 0 Å². The first-order valence-corrected chi connectivity index (χ1v) is 5.59. The molecule has 1 aromatic carbocycles. The average Bonchev–Trinajstić information content (AvgIpc) is 2.18. The van der Waals surface area contributed by atoms with Gasteiger partial charge in [0.1, 0.15) is 0 Å². The number of hydrogen-bond acceptors (Lipinski definition) is 3. The molecule has 0 aromatic heterocycles. The summed E-state index contributed by atoms with van der Waals surface area (Å²) in [6.07, 6.45) is 0. The molecule has 0 saturated carbocycles. The zero-order chi connectivity index (χ0) is 10.9. The normalized spacial score (nSPS) is 18.7. The van der Waals surface area contributed by atoms with Gasteiger partial charge in [-0.1, -0.05) is 22.0 Å². The van der Waals surface area contributed by atoms with Crippen LogP contribution in [0, 0.1) is 0 Å². The number of anilines is 1. The minimum absolute atomic E-state index is 0.414. The van der Waals surface area contributed by atoms with Crippen molar-refractivity contribution in [3.8, 4) is 0 Å². The molecule has 1 aromatic rings. The Balaban J connectivity index is 2.05. The summed E-state index contributed by atoms with van der Waals surface area (Å²) in [7, 11) is 3.36. The number of methoxy groups -OCH3 is 2. The molecule has 2 rings (SSSR count). The van der Waals surface area contributed by atoms with Crippen molar-refractivity contribution in [3.05, 3.63) is 28.7 Å². The number of rotatable bonds is 3. The first-order valence-electron chi connectivity index (χ1n) is 4.80. The molecule has 3 nitrogen and oxygen atoms in total. The maximum absolute atomic E-state index is 5.33. The van der Waals surface area contributed by atoms with Crippen LogP contribution in [0.5, 0.6) is 0 Å². The van der Waals surface area contributed by atoms with Crippen LogP contribution in [0.25, 0.3) is 0 Å². The molecule has 82 valence electrons. The van der Waals surface area contributed by atoms with Gasteiger partial charge in [-0.25, -0.2) is 0 Å². The highest BCUT2D eigenvalue weighted by Crippen LogP contribution is 2.31. The molecule has 1 heterocycles. The standard InChI is InChI=1S/C11H14BrNO2/c1-14-11(15-2)7-13(8-11)10-5-3-4-9(12)6-10/h3-6H,7-8H2,1-2H3. The summed E-state index contributed by atoms with van der Waals surface area (Å²) >= 11 is 3.46. The Labute approximate surface area is 98.1 Å². The fourth-order valence-electron chi connectivity index (χ4n) is 1.73. The number of ether oxygens (including phenoxy) is 2. The number of benzene rings is 1. The van der Waals surface area contributed by atoms with Crippen molar-refractivity contribution in [2.75, 3.05) is 32.2 Å². The Morgan fingerprint density at radius 2 is 1.93 bits per heavy atom. The monoisotopic (exact) mass is 271 g/mol. The molecule has 1 aliphatic heterocycles. The molecule has 0 amide bonds. The molecule has 0 atom stereocenters. The van der Waals surface area contributed by atoms with Crippen molar-refractivity contribution in [1.29, 1.82) is 0 Å². The Bertz CT molecular complexity index is 344. The fourth-order valence-corrected chi connectivity index (χ4v) is 2.12. The van der Waals surface area contributed by atoms with E-state index >= 15 is 0 Å². The minimum atomic E-state index is -0.414. The molecule has 1 saturated heterocycles. The Morgan fingerprint density at radius 3 is 2.47 bits per heavy atom. The van der Waals surface area contributed by atoms with Crippen LogP contribution in [0.3, 0.4) is 0 Å². The van der Waals surface area contributed by atoms with Gasteiger partial charge in [0.25, 0.3) is 0 Å².